The maximum atomic E-state index is 12.6. The Morgan fingerprint density at radius 3 is 2.71 bits per heavy atom. The standard InChI is InChI=1S/C16H26N2O3/c1-20-9-7-17-12-14-11-13-5-3-4-6-15(13)18(16(14)19)8-10-21-2/h11,17H,3-10,12H2,1-2H3. The van der Waals surface area contributed by atoms with E-state index in [1.807, 2.05) is 4.57 Å². The van der Waals surface area contributed by atoms with Gasteiger partial charge in [-0.15, -0.1) is 0 Å². The highest BCUT2D eigenvalue weighted by atomic mass is 16.5. The number of hydrogen-bond donors (Lipinski definition) is 1. The molecule has 0 spiro atoms. The van der Waals surface area contributed by atoms with Crippen molar-refractivity contribution in [3.8, 4) is 0 Å². The number of aromatic nitrogens is 1. The van der Waals surface area contributed by atoms with Gasteiger partial charge in [0.05, 0.1) is 13.2 Å². The summed E-state index contributed by atoms with van der Waals surface area (Å²) in [5.41, 5.74) is 3.52. The van der Waals surface area contributed by atoms with Gasteiger partial charge in [-0.2, -0.15) is 0 Å². The van der Waals surface area contributed by atoms with Crippen LogP contribution in [0.15, 0.2) is 10.9 Å². The van der Waals surface area contributed by atoms with Gasteiger partial charge in [-0.3, -0.25) is 4.79 Å². The van der Waals surface area contributed by atoms with Crippen molar-refractivity contribution in [2.75, 3.05) is 34.0 Å². The van der Waals surface area contributed by atoms with Crippen LogP contribution in [0.2, 0.25) is 0 Å². The first kappa shape index (κ1) is 16.2. The fourth-order valence-electron chi connectivity index (χ4n) is 2.89. The van der Waals surface area contributed by atoms with E-state index in [2.05, 4.69) is 11.4 Å². The number of hydrogen-bond acceptors (Lipinski definition) is 4. The second-order valence-corrected chi connectivity index (χ2v) is 5.47. The summed E-state index contributed by atoms with van der Waals surface area (Å²) in [7, 11) is 3.35. The number of ether oxygens (including phenoxy) is 2. The van der Waals surface area contributed by atoms with Crippen molar-refractivity contribution in [2.24, 2.45) is 0 Å². The molecule has 1 aliphatic rings. The first-order valence-electron chi connectivity index (χ1n) is 7.71. The Kier molecular flexibility index (Phi) is 6.42. The van der Waals surface area contributed by atoms with Crippen LogP contribution in [0.5, 0.6) is 0 Å². The maximum absolute atomic E-state index is 12.6. The molecule has 0 atom stereocenters. The Labute approximate surface area is 126 Å². The summed E-state index contributed by atoms with van der Waals surface area (Å²) in [5.74, 6) is 0. The zero-order chi connectivity index (χ0) is 15.1. The number of aryl methyl sites for hydroxylation is 1. The van der Waals surface area contributed by atoms with E-state index >= 15 is 0 Å². The summed E-state index contributed by atoms with van der Waals surface area (Å²) in [4.78, 5) is 12.6. The molecule has 0 unspecified atom stereocenters. The van der Waals surface area contributed by atoms with Crippen molar-refractivity contribution in [3.63, 3.8) is 0 Å². The molecule has 21 heavy (non-hydrogen) atoms. The topological polar surface area (TPSA) is 52.5 Å². The van der Waals surface area contributed by atoms with Crippen molar-refractivity contribution < 1.29 is 9.47 Å². The lowest BCUT2D eigenvalue weighted by Crippen LogP contribution is -2.33. The maximum Gasteiger partial charge on any atom is 0.255 e. The molecule has 0 amide bonds. The normalized spacial score (nSPS) is 14.2. The first-order valence-corrected chi connectivity index (χ1v) is 7.71. The lowest BCUT2D eigenvalue weighted by molar-refractivity contribution is 0.184. The van der Waals surface area contributed by atoms with Gasteiger partial charge in [-0.05, 0) is 37.3 Å². The summed E-state index contributed by atoms with van der Waals surface area (Å²) < 4.78 is 12.1. The minimum absolute atomic E-state index is 0.123. The van der Waals surface area contributed by atoms with Crippen LogP contribution in [0.25, 0.3) is 0 Å². The minimum Gasteiger partial charge on any atom is -0.383 e. The zero-order valence-corrected chi connectivity index (χ0v) is 13.1. The summed E-state index contributed by atoms with van der Waals surface area (Å²) >= 11 is 0. The van der Waals surface area contributed by atoms with Crippen LogP contribution in [-0.2, 0) is 35.4 Å². The Bertz CT molecular complexity index is 511. The van der Waals surface area contributed by atoms with E-state index in [4.69, 9.17) is 9.47 Å². The molecule has 1 aromatic heterocycles. The quantitative estimate of drug-likeness (QED) is 0.730. The van der Waals surface area contributed by atoms with Gasteiger partial charge in [0.1, 0.15) is 0 Å². The third-order valence-corrected chi connectivity index (χ3v) is 3.99. The van der Waals surface area contributed by atoms with Gasteiger partial charge in [0, 0.05) is 45.1 Å². The molecule has 0 aromatic carbocycles. The SMILES string of the molecule is COCCNCc1cc2c(n(CCOC)c1=O)CCCC2. The van der Waals surface area contributed by atoms with Crippen LogP contribution in [0.1, 0.15) is 29.7 Å². The molecule has 1 aromatic rings. The van der Waals surface area contributed by atoms with Crippen LogP contribution in [-0.4, -0.2) is 38.5 Å². The number of fused-ring (bicyclic) bond motifs is 1. The van der Waals surface area contributed by atoms with Crippen molar-refractivity contribution in [1.29, 1.82) is 0 Å². The second-order valence-electron chi connectivity index (χ2n) is 5.47. The van der Waals surface area contributed by atoms with E-state index in [1.165, 1.54) is 24.1 Å². The zero-order valence-electron chi connectivity index (χ0n) is 13.1. The van der Waals surface area contributed by atoms with Crippen LogP contribution < -0.4 is 10.9 Å². The molecule has 2 rings (SSSR count). The first-order chi connectivity index (χ1) is 10.3. The van der Waals surface area contributed by atoms with Crippen LogP contribution >= 0.6 is 0 Å². The van der Waals surface area contributed by atoms with Gasteiger partial charge >= 0.3 is 0 Å². The molecule has 0 radical (unpaired) electrons. The third-order valence-electron chi connectivity index (χ3n) is 3.99. The fourth-order valence-corrected chi connectivity index (χ4v) is 2.89. The number of rotatable bonds is 8. The fraction of sp³-hybridized carbons (Fsp3) is 0.688. The van der Waals surface area contributed by atoms with Gasteiger partial charge in [0.25, 0.3) is 5.56 Å². The van der Waals surface area contributed by atoms with E-state index < -0.39 is 0 Å². The smallest absolute Gasteiger partial charge is 0.255 e. The van der Waals surface area contributed by atoms with Crippen LogP contribution in [0.4, 0.5) is 0 Å². The molecular formula is C16H26N2O3. The molecule has 1 heterocycles. The molecule has 5 nitrogen and oxygen atoms in total. The van der Waals surface area contributed by atoms with E-state index in [0.717, 1.165) is 24.9 Å². The van der Waals surface area contributed by atoms with E-state index in [9.17, 15) is 4.79 Å². The average Bonchev–Trinajstić information content (AvgIpc) is 2.51. The van der Waals surface area contributed by atoms with Crippen molar-refractivity contribution in [2.45, 2.75) is 38.8 Å². The molecule has 0 fully saturated rings. The van der Waals surface area contributed by atoms with Crippen molar-refractivity contribution >= 4 is 0 Å². The lowest BCUT2D eigenvalue weighted by atomic mass is 9.94. The molecule has 0 aliphatic heterocycles. The summed E-state index contributed by atoms with van der Waals surface area (Å²) in [6.07, 6.45) is 4.47. The number of pyridine rings is 1. The molecule has 118 valence electrons. The van der Waals surface area contributed by atoms with Crippen LogP contribution in [0, 0.1) is 0 Å². The van der Waals surface area contributed by atoms with Gasteiger partial charge in [-0.25, -0.2) is 0 Å². The highest BCUT2D eigenvalue weighted by molar-refractivity contribution is 5.29. The number of nitrogens with one attached hydrogen (secondary N) is 1. The van der Waals surface area contributed by atoms with Crippen LogP contribution in [0.3, 0.4) is 0 Å². The molecular weight excluding hydrogens is 268 g/mol. The molecule has 1 aliphatic carbocycles. The minimum atomic E-state index is 0.123. The Morgan fingerprint density at radius 2 is 1.95 bits per heavy atom. The Hall–Kier alpha value is -1.17. The summed E-state index contributed by atoms with van der Waals surface area (Å²) in [5, 5.41) is 3.26. The van der Waals surface area contributed by atoms with Crippen molar-refractivity contribution in [1.82, 2.24) is 9.88 Å². The average molecular weight is 294 g/mol. The van der Waals surface area contributed by atoms with E-state index in [1.54, 1.807) is 14.2 Å². The largest absolute Gasteiger partial charge is 0.383 e. The molecule has 0 saturated heterocycles. The number of nitrogens with zero attached hydrogens (tertiary/aromatic N) is 1. The predicted octanol–water partition coefficient (Wildman–Crippen LogP) is 1.11. The summed E-state index contributed by atoms with van der Waals surface area (Å²) in [6, 6.07) is 2.10. The highest BCUT2D eigenvalue weighted by Crippen LogP contribution is 2.20. The van der Waals surface area contributed by atoms with E-state index in [-0.39, 0.29) is 5.56 Å². The summed E-state index contributed by atoms with van der Waals surface area (Å²) in [6.45, 7) is 3.23. The second kappa shape index (κ2) is 8.32. The molecule has 5 heteroatoms. The van der Waals surface area contributed by atoms with Gasteiger partial charge in [-0.1, -0.05) is 0 Å². The van der Waals surface area contributed by atoms with E-state index in [0.29, 0.717) is 26.3 Å². The Morgan fingerprint density at radius 1 is 1.19 bits per heavy atom. The molecule has 0 bridgehead atoms. The third kappa shape index (κ3) is 4.15. The Balaban J connectivity index is 2.22. The molecule has 1 N–H and O–H groups in total. The highest BCUT2D eigenvalue weighted by Gasteiger charge is 2.17. The van der Waals surface area contributed by atoms with Gasteiger partial charge < -0.3 is 19.4 Å². The predicted molar refractivity (Wildman–Crippen MR) is 82.8 cm³/mol. The monoisotopic (exact) mass is 294 g/mol. The molecule has 0 saturated carbocycles. The lowest BCUT2D eigenvalue weighted by Gasteiger charge is -2.22. The van der Waals surface area contributed by atoms with Crippen molar-refractivity contribution in [3.05, 3.63) is 33.2 Å². The number of methoxy groups -OCH3 is 2. The van der Waals surface area contributed by atoms with Gasteiger partial charge in [0.15, 0.2) is 0 Å². The van der Waals surface area contributed by atoms with Gasteiger partial charge in [0.2, 0.25) is 0 Å².